The van der Waals surface area contributed by atoms with Gasteiger partial charge in [-0.25, -0.2) is 5.43 Å². The second-order valence-electron chi connectivity index (χ2n) is 7.43. The molecule has 0 unspecified atom stereocenters. The molecule has 1 saturated carbocycles. The third-order valence-electron chi connectivity index (χ3n) is 5.49. The van der Waals surface area contributed by atoms with Gasteiger partial charge in [-0.3, -0.25) is 4.79 Å². The number of nitrogens with one attached hydrogen (secondary N) is 1. The second kappa shape index (κ2) is 9.13. The number of hydrazone groups is 1. The number of carbonyl (C=O) groups is 1. The molecule has 3 aromatic rings. The van der Waals surface area contributed by atoms with Gasteiger partial charge in [0.25, 0.3) is 5.91 Å². The van der Waals surface area contributed by atoms with E-state index in [1.165, 1.54) is 16.9 Å². The van der Waals surface area contributed by atoms with Gasteiger partial charge < -0.3 is 10.5 Å². The van der Waals surface area contributed by atoms with Gasteiger partial charge in [-0.1, -0.05) is 30.3 Å². The van der Waals surface area contributed by atoms with Gasteiger partial charge in [0, 0.05) is 10.6 Å². The van der Waals surface area contributed by atoms with E-state index >= 15 is 0 Å². The van der Waals surface area contributed by atoms with Gasteiger partial charge in [0.2, 0.25) is 0 Å². The molecule has 5 nitrogen and oxygen atoms in total. The fraction of sp³-hybridized carbons (Fsp3) is 0.250. The smallest absolute Gasteiger partial charge is 0.283 e. The Kier molecular flexibility index (Phi) is 6.14. The molecule has 154 valence electrons. The largest absolute Gasteiger partial charge is 0.497 e. The molecule has 0 bridgehead atoms. The van der Waals surface area contributed by atoms with Gasteiger partial charge in [-0.2, -0.15) is 5.10 Å². The summed E-state index contributed by atoms with van der Waals surface area (Å²) in [5, 5.41) is 4.39. The van der Waals surface area contributed by atoms with Crippen LogP contribution in [0.15, 0.2) is 65.8 Å². The van der Waals surface area contributed by atoms with Crippen molar-refractivity contribution in [3.63, 3.8) is 0 Å². The molecule has 0 spiro atoms. The summed E-state index contributed by atoms with van der Waals surface area (Å²) in [6.45, 7) is 0. The van der Waals surface area contributed by atoms with E-state index in [0.717, 1.165) is 47.6 Å². The van der Waals surface area contributed by atoms with E-state index in [1.807, 2.05) is 36.4 Å². The van der Waals surface area contributed by atoms with E-state index in [0.29, 0.717) is 16.5 Å². The predicted octanol–water partition coefficient (Wildman–Crippen LogP) is 5.45. The minimum absolute atomic E-state index is 0.255. The zero-order valence-corrected chi connectivity index (χ0v) is 17.7. The average Bonchev–Trinajstić information content (AvgIpc) is 3.20. The van der Waals surface area contributed by atoms with E-state index in [-0.39, 0.29) is 5.91 Å². The van der Waals surface area contributed by atoms with Crippen molar-refractivity contribution in [3.8, 4) is 16.2 Å². The highest BCUT2D eigenvalue weighted by Crippen LogP contribution is 2.34. The normalized spacial score (nSPS) is 16.2. The standard InChI is InChI=1S/C24H25N3O2S/c1-29-20-13-9-18(10-14-20)22-15-21(25)23(30-22)24(28)27-26-19-11-7-17(8-12-19)16-5-3-2-4-6-16/h2-6,9-10,13-15,17H,7-8,11-12,25H2,1H3,(H,27,28). The monoisotopic (exact) mass is 419 g/mol. The van der Waals surface area contributed by atoms with Gasteiger partial charge >= 0.3 is 0 Å². The topological polar surface area (TPSA) is 76.7 Å². The molecule has 4 rings (SSSR count). The molecule has 2 aromatic carbocycles. The van der Waals surface area contributed by atoms with Crippen LogP contribution in [-0.4, -0.2) is 18.7 Å². The molecule has 1 aliphatic rings. The molecule has 1 aromatic heterocycles. The van der Waals surface area contributed by atoms with Crippen molar-refractivity contribution in [2.45, 2.75) is 31.6 Å². The molecular formula is C24H25N3O2S. The first-order chi connectivity index (χ1) is 14.6. The molecule has 1 aliphatic carbocycles. The van der Waals surface area contributed by atoms with Gasteiger partial charge in [-0.05, 0) is 73.1 Å². The molecule has 30 heavy (non-hydrogen) atoms. The van der Waals surface area contributed by atoms with Crippen LogP contribution in [0.4, 0.5) is 5.69 Å². The Bertz CT molecular complexity index is 1030. The molecule has 1 heterocycles. The zero-order valence-electron chi connectivity index (χ0n) is 16.9. The first-order valence-corrected chi connectivity index (χ1v) is 10.9. The number of thiophene rings is 1. The fourth-order valence-electron chi connectivity index (χ4n) is 3.78. The van der Waals surface area contributed by atoms with Gasteiger partial charge in [0.15, 0.2) is 0 Å². The third kappa shape index (κ3) is 4.54. The van der Waals surface area contributed by atoms with Crippen molar-refractivity contribution in [2.24, 2.45) is 5.10 Å². The van der Waals surface area contributed by atoms with Crippen molar-refractivity contribution in [1.82, 2.24) is 5.43 Å². The number of nitrogen functional groups attached to an aromatic ring is 1. The Labute approximate surface area is 180 Å². The van der Waals surface area contributed by atoms with E-state index in [4.69, 9.17) is 10.5 Å². The average molecular weight is 420 g/mol. The number of carbonyl (C=O) groups excluding carboxylic acids is 1. The van der Waals surface area contributed by atoms with Crippen molar-refractivity contribution in [3.05, 3.63) is 71.1 Å². The van der Waals surface area contributed by atoms with Crippen LogP contribution in [0.5, 0.6) is 5.75 Å². The quantitative estimate of drug-likeness (QED) is 0.540. The van der Waals surface area contributed by atoms with E-state index in [1.54, 1.807) is 7.11 Å². The molecule has 0 radical (unpaired) electrons. The fourth-order valence-corrected chi connectivity index (χ4v) is 4.76. The summed E-state index contributed by atoms with van der Waals surface area (Å²) in [5.74, 6) is 1.11. The molecular weight excluding hydrogens is 394 g/mol. The molecule has 0 saturated heterocycles. The lowest BCUT2D eigenvalue weighted by molar-refractivity contribution is 0.0959. The number of benzene rings is 2. The highest BCUT2D eigenvalue weighted by atomic mass is 32.1. The summed E-state index contributed by atoms with van der Waals surface area (Å²) in [6, 6.07) is 20.1. The number of hydrogen-bond acceptors (Lipinski definition) is 5. The van der Waals surface area contributed by atoms with Crippen LogP contribution in [0.2, 0.25) is 0 Å². The highest BCUT2D eigenvalue weighted by molar-refractivity contribution is 7.18. The van der Waals surface area contributed by atoms with Crippen LogP contribution in [0.1, 0.15) is 46.8 Å². The minimum Gasteiger partial charge on any atom is -0.497 e. The Hall–Kier alpha value is -3.12. The number of ether oxygens (including phenoxy) is 1. The lowest BCUT2D eigenvalue weighted by Crippen LogP contribution is -2.21. The number of methoxy groups -OCH3 is 1. The summed E-state index contributed by atoms with van der Waals surface area (Å²) >= 11 is 1.37. The summed E-state index contributed by atoms with van der Waals surface area (Å²) in [6.07, 6.45) is 3.91. The summed E-state index contributed by atoms with van der Waals surface area (Å²) < 4.78 is 5.19. The maximum atomic E-state index is 12.6. The second-order valence-corrected chi connectivity index (χ2v) is 8.48. The van der Waals surface area contributed by atoms with E-state index in [9.17, 15) is 4.79 Å². The first kappa shape index (κ1) is 20.2. The Morgan fingerprint density at radius 2 is 1.80 bits per heavy atom. The number of nitrogens with zero attached hydrogens (tertiary/aromatic N) is 1. The van der Waals surface area contributed by atoms with Crippen LogP contribution in [-0.2, 0) is 0 Å². The van der Waals surface area contributed by atoms with Crippen molar-refractivity contribution in [2.75, 3.05) is 12.8 Å². The predicted molar refractivity (Wildman–Crippen MR) is 123 cm³/mol. The van der Waals surface area contributed by atoms with Crippen LogP contribution >= 0.6 is 11.3 Å². The first-order valence-electron chi connectivity index (χ1n) is 10.1. The van der Waals surface area contributed by atoms with Crippen LogP contribution in [0.3, 0.4) is 0 Å². The maximum Gasteiger partial charge on any atom is 0.283 e. The minimum atomic E-state index is -0.255. The summed E-state index contributed by atoms with van der Waals surface area (Å²) in [4.78, 5) is 14.1. The van der Waals surface area contributed by atoms with Gasteiger partial charge in [-0.15, -0.1) is 11.3 Å². The number of anilines is 1. The lowest BCUT2D eigenvalue weighted by Gasteiger charge is -2.23. The molecule has 0 atom stereocenters. The Morgan fingerprint density at radius 3 is 2.47 bits per heavy atom. The van der Waals surface area contributed by atoms with Gasteiger partial charge in [0.05, 0.1) is 12.8 Å². The molecule has 1 fully saturated rings. The van der Waals surface area contributed by atoms with Crippen LogP contribution < -0.4 is 15.9 Å². The number of rotatable bonds is 5. The highest BCUT2D eigenvalue weighted by Gasteiger charge is 2.20. The number of amides is 1. The van der Waals surface area contributed by atoms with Crippen molar-refractivity contribution in [1.29, 1.82) is 0 Å². The van der Waals surface area contributed by atoms with Crippen molar-refractivity contribution < 1.29 is 9.53 Å². The summed E-state index contributed by atoms with van der Waals surface area (Å²) in [7, 11) is 1.64. The Balaban J connectivity index is 1.38. The molecule has 1 amide bonds. The third-order valence-corrected chi connectivity index (χ3v) is 6.69. The van der Waals surface area contributed by atoms with E-state index in [2.05, 4.69) is 34.8 Å². The molecule has 3 N–H and O–H groups in total. The molecule has 6 heteroatoms. The maximum absolute atomic E-state index is 12.6. The Morgan fingerprint density at radius 1 is 1.10 bits per heavy atom. The lowest BCUT2D eigenvalue weighted by atomic mass is 9.83. The van der Waals surface area contributed by atoms with Crippen LogP contribution in [0, 0.1) is 0 Å². The number of nitrogens with two attached hydrogens (primary N) is 1. The van der Waals surface area contributed by atoms with Crippen molar-refractivity contribution >= 4 is 28.6 Å². The SMILES string of the molecule is COc1ccc(-c2cc(N)c(C(=O)NN=C3CCC(c4ccccc4)CC3)s2)cc1. The van der Waals surface area contributed by atoms with Crippen LogP contribution in [0.25, 0.3) is 10.4 Å². The van der Waals surface area contributed by atoms with E-state index < -0.39 is 0 Å². The molecule has 0 aliphatic heterocycles. The van der Waals surface area contributed by atoms with Gasteiger partial charge in [0.1, 0.15) is 10.6 Å². The summed E-state index contributed by atoms with van der Waals surface area (Å²) in [5.41, 5.74) is 12.7. The number of hydrogen-bond donors (Lipinski definition) is 2. The zero-order chi connectivity index (χ0) is 20.9.